The standard InChI is InChI=1S/C32H29F2N5O5S/c1-18(26-13-20(16-45-26)28-35-8-9-36-28)38-30(42)25-14-31(43-10-11-44-31)17-39(25)27(40)15-37-29(41)19-6-7-24-22(12-19)21-4-2-3-5-23(21)32(24,33)34/h2-9,12-13,16,18,25H,10-11,14-15,17H2,1H3,(H,35,36)(H,37,41)(H,38,42)/t18-,25?/m1/s1. The summed E-state index contributed by atoms with van der Waals surface area (Å²) in [6.45, 7) is 2.17. The Morgan fingerprint density at radius 2 is 1.89 bits per heavy atom. The van der Waals surface area contributed by atoms with E-state index >= 15 is 0 Å². The van der Waals surface area contributed by atoms with Gasteiger partial charge in [-0.05, 0) is 36.2 Å². The summed E-state index contributed by atoms with van der Waals surface area (Å²) >= 11 is 1.49. The van der Waals surface area contributed by atoms with Crippen LogP contribution in [0.3, 0.4) is 0 Å². The number of benzene rings is 2. The number of hydrogen-bond donors (Lipinski definition) is 3. The number of nitrogens with one attached hydrogen (secondary N) is 3. The molecule has 1 unspecified atom stereocenters. The molecule has 45 heavy (non-hydrogen) atoms. The number of carbonyl (C=O) groups excluding carboxylic acids is 3. The van der Waals surface area contributed by atoms with Crippen molar-refractivity contribution < 1.29 is 32.6 Å². The van der Waals surface area contributed by atoms with E-state index < -0.39 is 36.1 Å². The molecule has 2 fully saturated rings. The molecular weight excluding hydrogens is 604 g/mol. The second-order valence-electron chi connectivity index (χ2n) is 11.3. The van der Waals surface area contributed by atoms with Gasteiger partial charge in [0.25, 0.3) is 11.8 Å². The normalized spacial score (nSPS) is 19.7. The first kappa shape index (κ1) is 29.3. The van der Waals surface area contributed by atoms with Crippen molar-refractivity contribution in [1.29, 1.82) is 0 Å². The van der Waals surface area contributed by atoms with Gasteiger partial charge in [-0.3, -0.25) is 14.4 Å². The van der Waals surface area contributed by atoms with Gasteiger partial charge < -0.3 is 30.0 Å². The Bertz CT molecular complexity index is 1790. The van der Waals surface area contributed by atoms with Gasteiger partial charge in [0.15, 0.2) is 5.79 Å². The molecule has 2 aliphatic heterocycles. The number of fused-ring (bicyclic) bond motifs is 3. The lowest BCUT2D eigenvalue weighted by Crippen LogP contribution is -2.49. The van der Waals surface area contributed by atoms with Crippen LogP contribution >= 0.6 is 11.3 Å². The molecule has 2 aromatic carbocycles. The van der Waals surface area contributed by atoms with Crippen molar-refractivity contribution in [3.05, 3.63) is 87.9 Å². The number of rotatable bonds is 7. The summed E-state index contributed by atoms with van der Waals surface area (Å²) in [5.41, 5.74) is 1.41. The largest absolute Gasteiger partial charge is 0.347 e. The second kappa shape index (κ2) is 11.2. The minimum absolute atomic E-state index is 0.0283. The van der Waals surface area contributed by atoms with Crippen molar-refractivity contribution in [3.63, 3.8) is 0 Å². The number of alkyl halides is 2. The third kappa shape index (κ3) is 5.20. The van der Waals surface area contributed by atoms with E-state index in [1.807, 2.05) is 18.4 Å². The third-order valence-corrected chi connectivity index (χ3v) is 9.60. The number of halogens is 2. The van der Waals surface area contributed by atoms with Crippen LogP contribution in [0.4, 0.5) is 8.78 Å². The van der Waals surface area contributed by atoms with Crippen LogP contribution in [-0.2, 0) is 25.0 Å². The van der Waals surface area contributed by atoms with Crippen molar-refractivity contribution in [2.75, 3.05) is 26.3 Å². The van der Waals surface area contributed by atoms with E-state index in [0.29, 0.717) is 18.8 Å². The maximum Gasteiger partial charge on any atom is 0.299 e. The maximum absolute atomic E-state index is 14.9. The summed E-state index contributed by atoms with van der Waals surface area (Å²) in [7, 11) is 0. The Kier molecular flexibility index (Phi) is 7.26. The predicted octanol–water partition coefficient (Wildman–Crippen LogP) is 4.21. The Labute approximate surface area is 260 Å². The van der Waals surface area contributed by atoms with E-state index in [-0.39, 0.29) is 47.2 Å². The number of amides is 3. The fourth-order valence-electron chi connectivity index (χ4n) is 6.23. The molecular formula is C32H29F2N5O5S. The number of H-pyrrole nitrogens is 1. The maximum atomic E-state index is 14.9. The molecule has 0 bridgehead atoms. The molecule has 2 atom stereocenters. The topological polar surface area (TPSA) is 126 Å². The van der Waals surface area contributed by atoms with Gasteiger partial charge in [0.2, 0.25) is 11.8 Å². The van der Waals surface area contributed by atoms with Gasteiger partial charge in [-0.15, -0.1) is 11.3 Å². The van der Waals surface area contributed by atoms with Crippen molar-refractivity contribution in [2.24, 2.45) is 0 Å². The fraction of sp³-hybridized carbons (Fsp3) is 0.312. The van der Waals surface area contributed by atoms with Gasteiger partial charge in [0.1, 0.15) is 11.9 Å². The Morgan fingerprint density at radius 1 is 1.11 bits per heavy atom. The number of nitrogens with zero attached hydrogens (tertiary/aromatic N) is 2. The van der Waals surface area contributed by atoms with Crippen molar-refractivity contribution in [1.82, 2.24) is 25.5 Å². The average molecular weight is 634 g/mol. The molecule has 1 aliphatic carbocycles. The zero-order valence-corrected chi connectivity index (χ0v) is 25.0. The highest BCUT2D eigenvalue weighted by atomic mass is 32.1. The van der Waals surface area contributed by atoms with Gasteiger partial charge in [-0.2, -0.15) is 8.78 Å². The van der Waals surface area contributed by atoms with Crippen LogP contribution in [0.2, 0.25) is 0 Å². The quantitative estimate of drug-likeness (QED) is 0.280. The lowest BCUT2D eigenvalue weighted by molar-refractivity contribution is -0.152. The number of likely N-dealkylation sites (tertiary alicyclic amines) is 1. The van der Waals surface area contributed by atoms with Crippen LogP contribution in [0.1, 0.15) is 45.7 Å². The van der Waals surface area contributed by atoms with E-state index in [0.717, 1.165) is 16.3 Å². The summed E-state index contributed by atoms with van der Waals surface area (Å²) in [5.74, 6) is -5.00. The molecule has 13 heteroatoms. The van der Waals surface area contributed by atoms with E-state index in [1.54, 1.807) is 30.6 Å². The van der Waals surface area contributed by atoms with E-state index in [4.69, 9.17) is 9.47 Å². The molecule has 3 amide bonds. The molecule has 0 radical (unpaired) electrons. The van der Waals surface area contributed by atoms with Crippen LogP contribution in [0.5, 0.6) is 0 Å². The number of ether oxygens (including phenoxy) is 2. The fourth-order valence-corrected chi connectivity index (χ4v) is 7.13. The molecule has 232 valence electrons. The average Bonchev–Trinajstić information content (AvgIpc) is 3.88. The summed E-state index contributed by atoms with van der Waals surface area (Å²) < 4.78 is 41.5. The molecule has 4 aromatic rings. The molecule has 4 heterocycles. The van der Waals surface area contributed by atoms with E-state index in [9.17, 15) is 23.2 Å². The summed E-state index contributed by atoms with van der Waals surface area (Å²) in [6.07, 6.45) is 3.55. The summed E-state index contributed by atoms with van der Waals surface area (Å²) in [4.78, 5) is 49.7. The monoisotopic (exact) mass is 633 g/mol. The summed E-state index contributed by atoms with van der Waals surface area (Å²) in [6, 6.07) is 10.9. The Balaban J connectivity index is 1.04. The molecule has 1 spiro atoms. The van der Waals surface area contributed by atoms with Gasteiger partial charge >= 0.3 is 0 Å². The zero-order valence-electron chi connectivity index (χ0n) is 24.1. The van der Waals surface area contributed by atoms with Gasteiger partial charge in [0.05, 0.1) is 32.3 Å². The molecule has 2 aromatic heterocycles. The lowest BCUT2D eigenvalue weighted by atomic mass is 10.0. The minimum Gasteiger partial charge on any atom is -0.347 e. The first-order valence-electron chi connectivity index (χ1n) is 14.5. The third-order valence-electron chi connectivity index (χ3n) is 8.48. The van der Waals surface area contributed by atoms with Crippen molar-refractivity contribution in [3.8, 4) is 22.5 Å². The van der Waals surface area contributed by atoms with Crippen molar-refractivity contribution >= 4 is 29.1 Å². The van der Waals surface area contributed by atoms with Gasteiger partial charge in [0, 0.05) is 51.3 Å². The number of hydrogen-bond acceptors (Lipinski definition) is 7. The second-order valence-corrected chi connectivity index (χ2v) is 12.3. The number of thiophene rings is 1. The number of carbonyl (C=O) groups is 3. The minimum atomic E-state index is -3.16. The van der Waals surface area contributed by atoms with E-state index in [1.165, 1.54) is 40.5 Å². The van der Waals surface area contributed by atoms with Gasteiger partial charge in [-0.25, -0.2) is 4.98 Å². The lowest BCUT2D eigenvalue weighted by Gasteiger charge is -2.25. The zero-order chi connectivity index (χ0) is 31.3. The first-order valence-corrected chi connectivity index (χ1v) is 15.4. The van der Waals surface area contributed by atoms with E-state index in [2.05, 4.69) is 20.6 Å². The summed E-state index contributed by atoms with van der Waals surface area (Å²) in [5, 5.41) is 7.55. The predicted molar refractivity (Wildman–Crippen MR) is 160 cm³/mol. The molecule has 3 N–H and O–H groups in total. The highest BCUT2D eigenvalue weighted by Crippen LogP contribution is 2.51. The SMILES string of the molecule is C[C@@H](NC(=O)C1CC2(CN1C(=O)CNC(=O)c1ccc3c(c1)-c1ccccc1C3(F)F)OCCO2)c1cc(-c2ncc[nH]2)cs1. The van der Waals surface area contributed by atoms with Crippen LogP contribution in [-0.4, -0.2) is 70.7 Å². The Hall–Kier alpha value is -4.46. The van der Waals surface area contributed by atoms with Crippen LogP contribution in [0.25, 0.3) is 22.5 Å². The highest BCUT2D eigenvalue weighted by molar-refractivity contribution is 7.10. The molecule has 7 rings (SSSR count). The molecule has 10 nitrogen and oxygen atoms in total. The highest BCUT2D eigenvalue weighted by Gasteiger charge is 2.52. The van der Waals surface area contributed by atoms with Crippen LogP contribution in [0.15, 0.2) is 66.3 Å². The molecule has 3 aliphatic rings. The van der Waals surface area contributed by atoms with Crippen LogP contribution in [0, 0.1) is 0 Å². The number of imidazole rings is 1. The first-order chi connectivity index (χ1) is 21.6. The van der Waals surface area contributed by atoms with Gasteiger partial charge in [-0.1, -0.05) is 30.3 Å². The van der Waals surface area contributed by atoms with Crippen molar-refractivity contribution in [2.45, 2.75) is 37.1 Å². The number of aromatic amines is 1. The molecule has 0 saturated carbocycles. The molecule has 2 saturated heterocycles. The number of aromatic nitrogens is 2. The smallest absolute Gasteiger partial charge is 0.299 e. The Morgan fingerprint density at radius 3 is 2.67 bits per heavy atom. The van der Waals surface area contributed by atoms with Crippen LogP contribution < -0.4 is 10.6 Å².